The lowest BCUT2D eigenvalue weighted by atomic mass is 9.92. The fraction of sp³-hybridized carbons (Fsp3) is 0.444. The molecule has 0 aromatic heterocycles. The summed E-state index contributed by atoms with van der Waals surface area (Å²) < 4.78 is 33.0. The molecule has 2 atom stereocenters. The Kier molecular flexibility index (Phi) is 10.7. The van der Waals surface area contributed by atoms with Gasteiger partial charge >= 0.3 is 11.9 Å². The second-order valence-corrected chi connectivity index (χ2v) is 11.5. The molecule has 2 aliphatic heterocycles. The molecule has 5 rings (SSSR count). The number of ether oxygens (including phenoxy) is 6. The Morgan fingerprint density at radius 1 is 0.587 bits per heavy atom. The second-order valence-electron chi connectivity index (χ2n) is 11.5. The van der Waals surface area contributed by atoms with Crippen molar-refractivity contribution in [2.45, 2.75) is 65.0 Å². The van der Waals surface area contributed by atoms with Crippen LogP contribution in [0.25, 0.3) is 0 Å². The van der Waals surface area contributed by atoms with Crippen molar-refractivity contribution in [2.75, 3.05) is 41.7 Å². The number of rotatable bonds is 12. The lowest BCUT2D eigenvalue weighted by Gasteiger charge is -2.36. The van der Waals surface area contributed by atoms with E-state index in [4.69, 9.17) is 28.4 Å². The molecule has 0 spiro atoms. The fourth-order valence-corrected chi connectivity index (χ4v) is 6.43. The third-order valence-corrected chi connectivity index (χ3v) is 8.78. The first-order valence-electron chi connectivity index (χ1n) is 15.7. The van der Waals surface area contributed by atoms with Crippen LogP contribution in [0.15, 0.2) is 48.5 Å². The molecule has 10 heteroatoms. The van der Waals surface area contributed by atoms with Crippen LogP contribution in [-0.4, -0.2) is 75.5 Å². The number of fused-ring (bicyclic) bond motifs is 2. The van der Waals surface area contributed by atoms with Crippen LogP contribution in [0.5, 0.6) is 23.0 Å². The van der Waals surface area contributed by atoms with Crippen LogP contribution in [0.3, 0.4) is 0 Å². The van der Waals surface area contributed by atoms with Gasteiger partial charge in [-0.25, -0.2) is 0 Å². The van der Waals surface area contributed by atoms with E-state index < -0.39 is 12.1 Å². The van der Waals surface area contributed by atoms with Crippen LogP contribution in [0.2, 0.25) is 0 Å². The van der Waals surface area contributed by atoms with Crippen molar-refractivity contribution in [1.82, 2.24) is 9.80 Å². The van der Waals surface area contributed by atoms with Gasteiger partial charge in [0, 0.05) is 26.2 Å². The fourth-order valence-electron chi connectivity index (χ4n) is 6.43. The molecule has 3 aromatic carbocycles. The zero-order valence-corrected chi connectivity index (χ0v) is 27.6. The zero-order chi connectivity index (χ0) is 32.8. The highest BCUT2D eigenvalue weighted by atomic mass is 16.5. The summed E-state index contributed by atoms with van der Waals surface area (Å²) in [7, 11) is 6.47. The lowest BCUT2D eigenvalue weighted by molar-refractivity contribution is -0.151. The van der Waals surface area contributed by atoms with Crippen molar-refractivity contribution < 1.29 is 38.0 Å². The Morgan fingerprint density at radius 3 is 1.22 bits per heavy atom. The third-order valence-electron chi connectivity index (χ3n) is 8.78. The third kappa shape index (κ3) is 7.08. The van der Waals surface area contributed by atoms with Crippen LogP contribution in [0.4, 0.5) is 0 Å². The van der Waals surface area contributed by atoms with Crippen LogP contribution in [0.1, 0.15) is 47.2 Å². The molecule has 0 fully saturated rings. The minimum atomic E-state index is -0.417. The summed E-state index contributed by atoms with van der Waals surface area (Å²) in [5, 5.41) is 0. The van der Waals surface area contributed by atoms with Gasteiger partial charge in [-0.3, -0.25) is 19.4 Å². The van der Waals surface area contributed by atoms with Crippen molar-refractivity contribution >= 4 is 11.9 Å². The van der Waals surface area contributed by atoms with Crippen molar-refractivity contribution in [3.63, 3.8) is 0 Å². The van der Waals surface area contributed by atoms with E-state index in [1.54, 1.807) is 28.4 Å². The maximum absolute atomic E-state index is 13.1. The number of methoxy groups -OCH3 is 4. The van der Waals surface area contributed by atoms with Crippen molar-refractivity contribution in [1.29, 1.82) is 0 Å². The smallest absolute Gasteiger partial charge is 0.323 e. The minimum Gasteiger partial charge on any atom is -0.493 e. The number of benzene rings is 3. The molecule has 0 aliphatic carbocycles. The maximum Gasteiger partial charge on any atom is 0.323 e. The Hall–Kier alpha value is -4.28. The van der Waals surface area contributed by atoms with Crippen molar-refractivity contribution in [3.05, 3.63) is 81.9 Å². The van der Waals surface area contributed by atoms with Gasteiger partial charge in [-0.05, 0) is 84.3 Å². The van der Waals surface area contributed by atoms with Gasteiger partial charge < -0.3 is 28.4 Å². The molecule has 3 aromatic rings. The Labute approximate surface area is 271 Å². The average molecular weight is 633 g/mol. The van der Waals surface area contributed by atoms with Gasteiger partial charge in [-0.15, -0.1) is 0 Å². The summed E-state index contributed by atoms with van der Waals surface area (Å²) in [5.41, 5.74) is 6.45. The lowest BCUT2D eigenvalue weighted by Crippen LogP contribution is -2.46. The topological polar surface area (TPSA) is 96.0 Å². The van der Waals surface area contributed by atoms with Gasteiger partial charge in [0.25, 0.3) is 0 Å². The standard InChI is InChI=1S/C36H44N2O8/c1-7-45-35(39)29-13-25-15-31(41-3)33(43-5)17-27(25)21-37(29)19-23-9-11-24(12-10-23)20-38-22-28-18-34(44-6)32(42-4)16-26(28)14-30(38)36(40)46-8-2/h9-12,15-18,29-30H,7-8,13-14,19-22H2,1-6H3. The second kappa shape index (κ2) is 14.9. The van der Waals surface area contributed by atoms with E-state index >= 15 is 0 Å². The molecule has 0 saturated heterocycles. The molecular formula is C36H44N2O8. The molecule has 0 bridgehead atoms. The van der Waals surface area contributed by atoms with E-state index in [2.05, 4.69) is 34.1 Å². The Balaban J connectivity index is 1.35. The first-order valence-corrected chi connectivity index (χ1v) is 15.7. The minimum absolute atomic E-state index is 0.232. The molecule has 0 amide bonds. The Bertz CT molecular complexity index is 1430. The number of carbonyl (C=O) groups is 2. The first kappa shape index (κ1) is 33.1. The molecule has 0 saturated carbocycles. The highest BCUT2D eigenvalue weighted by Crippen LogP contribution is 2.37. The van der Waals surface area contributed by atoms with E-state index in [9.17, 15) is 9.59 Å². The van der Waals surface area contributed by atoms with Gasteiger partial charge in [-0.2, -0.15) is 0 Å². The van der Waals surface area contributed by atoms with Gasteiger partial charge in [0.15, 0.2) is 23.0 Å². The van der Waals surface area contributed by atoms with Gasteiger partial charge in [-0.1, -0.05) is 24.3 Å². The summed E-state index contributed by atoms with van der Waals surface area (Å²) in [6.07, 6.45) is 1.05. The largest absolute Gasteiger partial charge is 0.493 e. The van der Waals surface area contributed by atoms with Gasteiger partial charge in [0.2, 0.25) is 0 Å². The molecule has 2 aliphatic rings. The highest BCUT2D eigenvalue weighted by Gasteiger charge is 2.35. The summed E-state index contributed by atoms with van der Waals surface area (Å²) >= 11 is 0. The number of hydrogen-bond acceptors (Lipinski definition) is 10. The van der Waals surface area contributed by atoms with Gasteiger partial charge in [0.05, 0.1) is 41.7 Å². The van der Waals surface area contributed by atoms with E-state index in [0.717, 1.165) is 33.4 Å². The number of hydrogen-bond donors (Lipinski definition) is 0. The average Bonchev–Trinajstić information content (AvgIpc) is 3.07. The van der Waals surface area contributed by atoms with E-state index in [-0.39, 0.29) is 11.9 Å². The number of nitrogens with zero attached hydrogens (tertiary/aromatic N) is 2. The summed E-state index contributed by atoms with van der Waals surface area (Å²) in [6, 6.07) is 15.4. The molecular weight excluding hydrogens is 588 g/mol. The van der Waals surface area contributed by atoms with Crippen LogP contribution >= 0.6 is 0 Å². The Morgan fingerprint density at radius 2 is 0.913 bits per heavy atom. The van der Waals surface area contributed by atoms with Crippen molar-refractivity contribution in [3.8, 4) is 23.0 Å². The monoisotopic (exact) mass is 632 g/mol. The predicted octanol–water partition coefficient (Wildman–Crippen LogP) is 4.70. The van der Waals surface area contributed by atoms with E-state index in [1.165, 1.54) is 0 Å². The van der Waals surface area contributed by atoms with Gasteiger partial charge in [0.1, 0.15) is 12.1 Å². The van der Waals surface area contributed by atoms with E-state index in [1.807, 2.05) is 38.1 Å². The van der Waals surface area contributed by atoms with E-state index in [0.29, 0.717) is 75.2 Å². The number of esters is 2. The van der Waals surface area contributed by atoms with Crippen LogP contribution < -0.4 is 18.9 Å². The predicted molar refractivity (Wildman–Crippen MR) is 172 cm³/mol. The zero-order valence-electron chi connectivity index (χ0n) is 27.6. The number of carbonyl (C=O) groups excluding carboxylic acids is 2. The molecule has 2 heterocycles. The summed E-state index contributed by atoms with van der Waals surface area (Å²) in [6.45, 7) is 6.59. The summed E-state index contributed by atoms with van der Waals surface area (Å²) in [4.78, 5) is 30.5. The van der Waals surface area contributed by atoms with Crippen LogP contribution in [-0.2, 0) is 58.1 Å². The molecule has 2 unspecified atom stereocenters. The summed E-state index contributed by atoms with van der Waals surface area (Å²) in [5.74, 6) is 2.16. The quantitative estimate of drug-likeness (QED) is 0.262. The normalized spacial score (nSPS) is 17.8. The molecule has 10 nitrogen and oxygen atoms in total. The SMILES string of the molecule is CCOC(=O)C1Cc2cc(OC)c(OC)cc2CN1Cc1ccc(CN2Cc3cc(OC)c(OC)cc3CC2C(=O)OCC)cc1. The van der Waals surface area contributed by atoms with Crippen molar-refractivity contribution in [2.24, 2.45) is 0 Å². The molecule has 46 heavy (non-hydrogen) atoms. The molecule has 0 radical (unpaired) electrons. The maximum atomic E-state index is 13.1. The highest BCUT2D eigenvalue weighted by molar-refractivity contribution is 5.77. The molecule has 0 N–H and O–H groups in total. The first-order chi connectivity index (χ1) is 22.3. The molecule has 246 valence electrons. The van der Waals surface area contributed by atoms with Crippen LogP contribution in [0, 0.1) is 0 Å².